The molecule has 0 bridgehead atoms. The van der Waals surface area contributed by atoms with Gasteiger partial charge in [-0.15, -0.1) is 0 Å². The maximum atomic E-state index is 11.2. The number of hydrogen-bond donors (Lipinski definition) is 12. The molecule has 0 heterocycles. The van der Waals surface area contributed by atoms with Crippen LogP contribution >= 0.6 is 0 Å². The number of amides is 4. The van der Waals surface area contributed by atoms with E-state index in [0.29, 0.717) is 5.75 Å². The molecule has 0 spiro atoms. The minimum Gasteiger partial charge on any atom is -0.631 e. The Balaban J connectivity index is -0.000000165. The van der Waals surface area contributed by atoms with Gasteiger partial charge in [0.25, 0.3) is 0 Å². The van der Waals surface area contributed by atoms with Crippen LogP contribution in [0.4, 0.5) is 19.2 Å². The smallest absolute Gasteiger partial charge is 0.413 e. The molecular formula is C63H90N4O18Y-2. The molecule has 0 saturated carbocycles. The van der Waals surface area contributed by atoms with Gasteiger partial charge in [-0.2, -0.15) is 0 Å². The Bertz CT molecular complexity index is 2480. The van der Waals surface area contributed by atoms with E-state index in [1.54, 1.807) is 30.3 Å². The van der Waals surface area contributed by atoms with Crippen LogP contribution in [0.1, 0.15) is 101 Å². The predicted molar refractivity (Wildman–Crippen MR) is 334 cm³/mol. The number of methoxy groups -OCH3 is 1. The van der Waals surface area contributed by atoms with Crippen molar-refractivity contribution >= 4 is 24.4 Å². The van der Waals surface area contributed by atoms with E-state index in [1.807, 2.05) is 19.1 Å². The number of phenols is 10. The van der Waals surface area contributed by atoms with E-state index >= 15 is 0 Å². The number of alkyl carbamates (subject to hydrolysis) is 1. The first-order chi connectivity index (χ1) is 39.3. The van der Waals surface area contributed by atoms with Crippen LogP contribution in [0.5, 0.6) is 74.7 Å². The molecule has 0 aromatic heterocycles. The van der Waals surface area contributed by atoms with Gasteiger partial charge in [-0.25, -0.2) is 9.59 Å². The van der Waals surface area contributed by atoms with E-state index in [0.717, 1.165) is 5.56 Å². The van der Waals surface area contributed by atoms with Crippen molar-refractivity contribution in [1.29, 1.82) is 0 Å². The van der Waals surface area contributed by atoms with Crippen molar-refractivity contribution in [2.45, 2.75) is 103 Å². The summed E-state index contributed by atoms with van der Waals surface area (Å²) >= 11 is 0. The monoisotopic (exact) mass is 1280 g/mol. The van der Waals surface area contributed by atoms with Crippen LogP contribution in [0.25, 0.3) is 11.5 Å². The summed E-state index contributed by atoms with van der Waals surface area (Å²) in [5.41, 5.74) is 14.0. The topological polar surface area (TPSA) is 379 Å². The molecular weight excluding hydrogens is 1190 g/mol. The van der Waals surface area contributed by atoms with Crippen molar-refractivity contribution in [3.8, 4) is 74.7 Å². The number of benzene rings is 7. The van der Waals surface area contributed by atoms with Gasteiger partial charge in [0, 0.05) is 69.1 Å². The Labute approximate surface area is 532 Å². The fourth-order valence-corrected chi connectivity index (χ4v) is 4.37. The van der Waals surface area contributed by atoms with Gasteiger partial charge >= 0.3 is 12.2 Å². The van der Waals surface area contributed by atoms with Gasteiger partial charge in [-0.1, -0.05) is 144 Å². The molecule has 0 aliphatic carbocycles. The second kappa shape index (κ2) is 60.3. The molecule has 7 aromatic carbocycles. The van der Waals surface area contributed by atoms with Crippen molar-refractivity contribution in [1.82, 2.24) is 10.6 Å². The Morgan fingerprint density at radius 3 is 0.756 bits per heavy atom. The predicted octanol–water partition coefficient (Wildman–Crippen LogP) is 16.6. The van der Waals surface area contributed by atoms with Crippen molar-refractivity contribution in [3.63, 3.8) is 0 Å². The third-order valence-electron chi connectivity index (χ3n) is 7.23. The molecule has 0 aliphatic rings. The fourth-order valence-electron chi connectivity index (χ4n) is 4.37. The maximum Gasteiger partial charge on any atom is 0.413 e. The minimum absolute atomic E-state index is 0. The molecule has 475 valence electrons. The van der Waals surface area contributed by atoms with Gasteiger partial charge in [0.2, 0.25) is 12.2 Å². The third kappa shape index (κ3) is 62.3. The second-order valence-electron chi connectivity index (χ2n) is 15.9. The molecule has 4 amide bonds. The molecule has 14 N–H and O–H groups in total. The van der Waals surface area contributed by atoms with Crippen LogP contribution in [-0.2, 0) is 37.4 Å². The number of nitrogens with one attached hydrogen (secondary N) is 4. The number of rotatable bonds is 5. The summed E-state index contributed by atoms with van der Waals surface area (Å²) in [7, 11) is 1.21. The largest absolute Gasteiger partial charge is 0.631 e. The van der Waals surface area contributed by atoms with E-state index in [-0.39, 0.29) is 123 Å². The SMILES string of the molecule is C.C.CCC.CCC.CCC.CCC.COC(=O)NCNC(=O)Oc1cccc(O)c1.Cc1cccc(O)c1.Oc1cccc(O)c1.Oc1cccc(O)c1.Oc1cccc(O)c1.[NH-]C(=O)Oc1cccc(O)c1.[NH-]C(=O)Oc1cccc(O)c1.[Y]. The Morgan fingerprint density at radius 2 is 0.570 bits per heavy atom. The summed E-state index contributed by atoms with van der Waals surface area (Å²) in [6.07, 6.45) is 1.29. The Morgan fingerprint density at radius 1 is 0.360 bits per heavy atom. The quantitative estimate of drug-likeness (QED) is 0.0712. The summed E-state index contributed by atoms with van der Waals surface area (Å²) in [4.78, 5) is 42.0. The molecule has 0 unspecified atom stereocenters. The van der Waals surface area contributed by atoms with Crippen LogP contribution in [-0.4, -0.2) is 89.2 Å². The van der Waals surface area contributed by atoms with E-state index in [4.69, 9.17) is 67.3 Å². The molecule has 7 aromatic rings. The second-order valence-corrected chi connectivity index (χ2v) is 15.9. The van der Waals surface area contributed by atoms with Gasteiger partial charge in [-0.05, 0) is 97.4 Å². The summed E-state index contributed by atoms with van der Waals surface area (Å²) in [5, 5.41) is 92.1. The van der Waals surface area contributed by atoms with Crippen LogP contribution in [0.3, 0.4) is 0 Å². The standard InChI is InChI=1S/C10H12N2O5.2C7H7NO3.C7H8O.3C6H6O2.4C3H8.2CH4.Y/c1-16-9(14)11-6-12-10(15)17-8-4-2-3-7(13)5-8;2*8-7(10)11-6-3-1-2-5(9)4-6;1-6-3-2-4-7(8)5-6;3*7-5-2-1-3-6(8)4-5;4*1-3-2;;;/h2-5,13H,6H2,1H3,(H,11,14)(H,12,15);2*1-4H,(H3,8,9,10);2-5,8H,1H3;3*1-4,7-8H;4*3H2,1-2H3;2*1H4;/p-2. The third-order valence-corrected chi connectivity index (χ3v) is 7.23. The molecule has 23 heteroatoms. The van der Waals surface area contributed by atoms with Gasteiger partial charge in [0.15, 0.2) is 0 Å². The molecule has 0 saturated heterocycles. The van der Waals surface area contributed by atoms with Crippen LogP contribution < -0.4 is 24.8 Å². The molecule has 1 radical (unpaired) electrons. The first-order valence-electron chi connectivity index (χ1n) is 25.5. The number of carbonyl (C=O) groups is 4. The first-order valence-corrected chi connectivity index (χ1v) is 25.5. The number of hydrogen-bond acceptors (Lipinski definition) is 18. The van der Waals surface area contributed by atoms with Crippen molar-refractivity contribution in [3.05, 3.63) is 187 Å². The number of phenolic OH excluding ortho intramolecular Hbond substituents is 10. The Hall–Kier alpha value is -9.28. The Kier molecular flexibility index (Phi) is 63.5. The first kappa shape index (κ1) is 90.5. The summed E-state index contributed by atoms with van der Waals surface area (Å²) < 4.78 is 17.8. The van der Waals surface area contributed by atoms with Crippen LogP contribution in [0.2, 0.25) is 0 Å². The molecule has 86 heavy (non-hydrogen) atoms. The number of ether oxygens (including phenoxy) is 4. The zero-order valence-electron chi connectivity index (χ0n) is 49.0. The average molecular weight is 1280 g/mol. The fraction of sp³-hybridized carbons (Fsp3) is 0.270. The van der Waals surface area contributed by atoms with Crippen LogP contribution in [0.15, 0.2) is 170 Å². The molecule has 0 atom stereocenters. The van der Waals surface area contributed by atoms with Gasteiger partial charge in [-0.3, -0.25) is 9.59 Å². The molecule has 22 nitrogen and oxygen atoms in total. The zero-order valence-corrected chi connectivity index (χ0v) is 51.9. The average Bonchev–Trinajstić information content (AvgIpc) is 3.38. The van der Waals surface area contributed by atoms with E-state index < -0.39 is 24.4 Å². The van der Waals surface area contributed by atoms with Gasteiger partial charge in [0.05, 0.1) is 13.8 Å². The van der Waals surface area contributed by atoms with Crippen molar-refractivity contribution < 1.29 is 122 Å². The number of aryl methyl sites for hydroxylation is 1. The molecule has 7 rings (SSSR count). The summed E-state index contributed by atoms with van der Waals surface area (Å²) in [5.74, 6) is 1.40. The maximum absolute atomic E-state index is 11.2. The van der Waals surface area contributed by atoms with E-state index in [1.165, 1.54) is 160 Å². The zero-order chi connectivity index (χ0) is 64.0. The minimum atomic E-state index is -1.14. The van der Waals surface area contributed by atoms with Crippen molar-refractivity contribution in [2.75, 3.05) is 13.8 Å². The normalized spacial score (nSPS) is 8.35. The number of aromatic hydroxyl groups is 10. The summed E-state index contributed by atoms with van der Waals surface area (Å²) in [6, 6.07) is 41.9. The van der Waals surface area contributed by atoms with Crippen molar-refractivity contribution in [2.24, 2.45) is 0 Å². The number of carbonyl (C=O) groups excluding carboxylic acids is 4. The van der Waals surface area contributed by atoms with Crippen LogP contribution in [0, 0.1) is 6.92 Å². The van der Waals surface area contributed by atoms with Gasteiger partial charge in [0.1, 0.15) is 74.7 Å². The van der Waals surface area contributed by atoms with E-state index in [9.17, 15) is 19.2 Å². The molecule has 0 fully saturated rings. The van der Waals surface area contributed by atoms with Gasteiger partial charge < -0.3 is 92.1 Å². The summed E-state index contributed by atoms with van der Waals surface area (Å²) in [6.45, 7) is 18.8. The molecule has 0 aliphatic heterocycles. The van der Waals surface area contributed by atoms with E-state index in [2.05, 4.69) is 80.2 Å².